The topological polar surface area (TPSA) is 65.2 Å². The number of nitrogens with zero attached hydrogens (tertiary/aromatic N) is 2. The van der Waals surface area contributed by atoms with Gasteiger partial charge in [0.25, 0.3) is 0 Å². The molecule has 16 heavy (non-hydrogen) atoms. The number of carbonyl (C=O) groups excluding carboxylic acids is 1. The zero-order valence-electron chi connectivity index (χ0n) is 9.20. The van der Waals surface area contributed by atoms with E-state index < -0.39 is 10.3 Å². The van der Waals surface area contributed by atoms with Crippen molar-refractivity contribution in [2.45, 2.75) is 36.9 Å². The molecule has 0 spiro atoms. The lowest BCUT2D eigenvalue weighted by Gasteiger charge is -2.15. The number of alkyl halides is 1. The standard InChI is InChI=1S/C10H13BrN2O3/c1-3-15-9(14)10(2,11)8-13-12-7(16-8)6-4-5-6/h6H,3-5H2,1-2H3/t10-/m1/s1. The van der Waals surface area contributed by atoms with E-state index in [1.54, 1.807) is 13.8 Å². The molecule has 0 radical (unpaired) electrons. The molecule has 1 saturated carbocycles. The fourth-order valence-corrected chi connectivity index (χ4v) is 1.55. The molecule has 0 N–H and O–H groups in total. The minimum atomic E-state index is -1.05. The van der Waals surface area contributed by atoms with E-state index in [4.69, 9.17) is 9.15 Å². The van der Waals surface area contributed by atoms with Gasteiger partial charge >= 0.3 is 5.97 Å². The van der Waals surface area contributed by atoms with Crippen molar-refractivity contribution in [1.29, 1.82) is 0 Å². The third-order valence-electron chi connectivity index (χ3n) is 2.43. The van der Waals surface area contributed by atoms with Crippen molar-refractivity contribution in [1.82, 2.24) is 10.2 Å². The number of ether oxygens (including phenoxy) is 1. The summed E-state index contributed by atoms with van der Waals surface area (Å²) in [5.74, 6) is 0.838. The molecule has 1 atom stereocenters. The van der Waals surface area contributed by atoms with Crippen molar-refractivity contribution < 1.29 is 13.9 Å². The summed E-state index contributed by atoms with van der Waals surface area (Å²) < 4.78 is 9.35. The van der Waals surface area contributed by atoms with Crippen LogP contribution in [-0.2, 0) is 13.9 Å². The third-order valence-corrected chi connectivity index (χ3v) is 3.09. The van der Waals surface area contributed by atoms with E-state index in [1.807, 2.05) is 0 Å². The molecule has 88 valence electrons. The second-order valence-electron chi connectivity index (χ2n) is 3.94. The maximum Gasteiger partial charge on any atom is 0.332 e. The average Bonchev–Trinajstić information content (AvgIpc) is 2.96. The van der Waals surface area contributed by atoms with Crippen molar-refractivity contribution >= 4 is 21.9 Å². The van der Waals surface area contributed by atoms with Crippen LogP contribution in [0.25, 0.3) is 0 Å². The van der Waals surface area contributed by atoms with Gasteiger partial charge in [-0.3, -0.25) is 0 Å². The van der Waals surface area contributed by atoms with Gasteiger partial charge in [-0.25, -0.2) is 4.79 Å². The molecule has 1 aliphatic rings. The van der Waals surface area contributed by atoms with Crippen LogP contribution in [-0.4, -0.2) is 22.8 Å². The number of aromatic nitrogens is 2. The molecule has 0 saturated heterocycles. The Bertz CT molecular complexity index is 399. The van der Waals surface area contributed by atoms with Crippen LogP contribution in [0.3, 0.4) is 0 Å². The van der Waals surface area contributed by atoms with Gasteiger partial charge in [-0.2, -0.15) is 0 Å². The Morgan fingerprint density at radius 1 is 1.62 bits per heavy atom. The third kappa shape index (κ3) is 2.11. The van der Waals surface area contributed by atoms with Crippen LogP contribution < -0.4 is 0 Å². The summed E-state index contributed by atoms with van der Waals surface area (Å²) in [5, 5.41) is 7.82. The Morgan fingerprint density at radius 2 is 2.31 bits per heavy atom. The molecule has 5 nitrogen and oxygen atoms in total. The van der Waals surface area contributed by atoms with Gasteiger partial charge in [0.05, 0.1) is 6.61 Å². The Hall–Kier alpha value is -0.910. The van der Waals surface area contributed by atoms with Crippen molar-refractivity contribution in [3.8, 4) is 0 Å². The number of rotatable bonds is 4. The first kappa shape index (κ1) is 11.6. The molecule has 6 heteroatoms. The minimum Gasteiger partial charge on any atom is -0.465 e. The first-order chi connectivity index (χ1) is 7.55. The molecular weight excluding hydrogens is 276 g/mol. The van der Waals surface area contributed by atoms with E-state index in [9.17, 15) is 4.79 Å². The smallest absolute Gasteiger partial charge is 0.332 e. The molecule has 1 aromatic heterocycles. The van der Waals surface area contributed by atoms with Gasteiger partial charge in [0.1, 0.15) is 0 Å². The maximum atomic E-state index is 11.7. The van der Waals surface area contributed by atoms with Gasteiger partial charge in [-0.15, -0.1) is 10.2 Å². The second-order valence-corrected chi connectivity index (χ2v) is 5.53. The fraction of sp³-hybridized carbons (Fsp3) is 0.700. The molecular formula is C10H13BrN2O3. The molecule has 2 rings (SSSR count). The zero-order valence-corrected chi connectivity index (χ0v) is 10.8. The van der Waals surface area contributed by atoms with Crippen LogP contribution in [0.5, 0.6) is 0 Å². The Kier molecular flexibility index (Phi) is 3.01. The molecule has 0 aliphatic heterocycles. The van der Waals surface area contributed by atoms with Crippen molar-refractivity contribution in [2.75, 3.05) is 6.61 Å². The number of carbonyl (C=O) groups is 1. The summed E-state index contributed by atoms with van der Waals surface area (Å²) in [6.07, 6.45) is 2.17. The zero-order chi connectivity index (χ0) is 11.8. The van der Waals surface area contributed by atoms with Gasteiger partial charge in [0.15, 0.2) is 4.32 Å². The first-order valence-corrected chi connectivity index (χ1v) is 6.05. The monoisotopic (exact) mass is 288 g/mol. The van der Waals surface area contributed by atoms with Crippen molar-refractivity contribution in [2.24, 2.45) is 0 Å². The largest absolute Gasteiger partial charge is 0.465 e. The molecule has 0 amide bonds. The molecule has 1 fully saturated rings. The summed E-state index contributed by atoms with van der Waals surface area (Å²) in [5.41, 5.74) is 0. The number of hydrogen-bond donors (Lipinski definition) is 0. The van der Waals surface area contributed by atoms with Gasteiger partial charge < -0.3 is 9.15 Å². The van der Waals surface area contributed by atoms with Crippen molar-refractivity contribution in [3.63, 3.8) is 0 Å². The lowest BCUT2D eigenvalue weighted by molar-refractivity contribution is -0.146. The minimum absolute atomic E-state index is 0.257. The van der Waals surface area contributed by atoms with Gasteiger partial charge in [-0.1, -0.05) is 15.9 Å². The van der Waals surface area contributed by atoms with E-state index >= 15 is 0 Å². The predicted molar refractivity (Wildman–Crippen MR) is 59.2 cm³/mol. The van der Waals surface area contributed by atoms with Crippen LogP contribution in [0.15, 0.2) is 4.42 Å². The quantitative estimate of drug-likeness (QED) is 0.627. The summed E-state index contributed by atoms with van der Waals surface area (Å²) in [6, 6.07) is 0. The summed E-state index contributed by atoms with van der Waals surface area (Å²) in [6.45, 7) is 3.73. The molecule has 1 heterocycles. The highest BCUT2D eigenvalue weighted by atomic mass is 79.9. The molecule has 0 aromatic carbocycles. The second kappa shape index (κ2) is 4.16. The molecule has 0 bridgehead atoms. The van der Waals surface area contributed by atoms with Gasteiger partial charge in [0, 0.05) is 5.92 Å². The van der Waals surface area contributed by atoms with Crippen LogP contribution in [0, 0.1) is 0 Å². The maximum absolute atomic E-state index is 11.7. The highest BCUT2D eigenvalue weighted by Crippen LogP contribution is 2.41. The Balaban J connectivity index is 2.16. The van der Waals surface area contributed by atoms with Crippen LogP contribution in [0.1, 0.15) is 44.4 Å². The normalized spacial score (nSPS) is 19.2. The highest BCUT2D eigenvalue weighted by molar-refractivity contribution is 9.10. The lowest BCUT2D eigenvalue weighted by atomic mass is 10.2. The Morgan fingerprint density at radius 3 is 2.88 bits per heavy atom. The van der Waals surface area contributed by atoms with E-state index in [0.29, 0.717) is 18.4 Å². The van der Waals surface area contributed by atoms with E-state index in [0.717, 1.165) is 12.8 Å². The van der Waals surface area contributed by atoms with Crippen LogP contribution in [0.2, 0.25) is 0 Å². The van der Waals surface area contributed by atoms with E-state index in [2.05, 4.69) is 26.1 Å². The summed E-state index contributed by atoms with van der Waals surface area (Å²) in [7, 11) is 0. The summed E-state index contributed by atoms with van der Waals surface area (Å²) in [4.78, 5) is 11.7. The molecule has 1 aliphatic carbocycles. The SMILES string of the molecule is CCOC(=O)[C@](C)(Br)c1nnc(C2CC2)o1. The Labute approximate surface area is 102 Å². The lowest BCUT2D eigenvalue weighted by Crippen LogP contribution is -2.28. The highest BCUT2D eigenvalue weighted by Gasteiger charge is 2.41. The van der Waals surface area contributed by atoms with Crippen LogP contribution >= 0.6 is 15.9 Å². The van der Waals surface area contributed by atoms with E-state index in [-0.39, 0.29) is 5.89 Å². The summed E-state index contributed by atoms with van der Waals surface area (Å²) >= 11 is 3.27. The number of halogens is 1. The predicted octanol–water partition coefficient (Wildman–Crippen LogP) is 2.12. The fourth-order valence-electron chi connectivity index (χ4n) is 1.27. The molecule has 0 unspecified atom stereocenters. The van der Waals surface area contributed by atoms with Crippen molar-refractivity contribution in [3.05, 3.63) is 11.8 Å². The van der Waals surface area contributed by atoms with Gasteiger partial charge in [0.2, 0.25) is 11.8 Å². The van der Waals surface area contributed by atoms with E-state index in [1.165, 1.54) is 0 Å². The first-order valence-electron chi connectivity index (χ1n) is 5.25. The average molecular weight is 289 g/mol. The van der Waals surface area contributed by atoms with Crippen LogP contribution in [0.4, 0.5) is 0 Å². The van der Waals surface area contributed by atoms with Gasteiger partial charge in [-0.05, 0) is 26.7 Å². The number of hydrogen-bond acceptors (Lipinski definition) is 5. The number of esters is 1. The molecule has 1 aromatic rings.